The molecule has 6 heteroatoms. The molecule has 1 aromatic heterocycles. The molecule has 0 saturated carbocycles. The van der Waals surface area contributed by atoms with Crippen LogP contribution in [0.2, 0.25) is 0 Å². The van der Waals surface area contributed by atoms with Gasteiger partial charge in [-0.05, 0) is 14.1 Å². The number of aromatic amines is 1. The fourth-order valence-electron chi connectivity index (χ4n) is 1.96. The van der Waals surface area contributed by atoms with Crippen molar-refractivity contribution in [2.75, 3.05) is 33.7 Å². The zero-order valence-corrected chi connectivity index (χ0v) is 9.97. The van der Waals surface area contributed by atoms with Crippen molar-refractivity contribution in [1.29, 1.82) is 5.26 Å². The standard InChI is InChI=1S/C11H15N5O/c1-15-3-4-16(2)9(7-15)10-13-6-8(5-12)11(17)14-10/h6,9H,3-4,7H2,1-2H3,(H,13,14,17). The zero-order valence-electron chi connectivity index (χ0n) is 9.97. The predicted octanol–water partition coefficient (Wildman–Crippen LogP) is -0.440. The third kappa shape index (κ3) is 2.35. The normalized spacial score (nSPS) is 22.3. The van der Waals surface area contributed by atoms with Crippen molar-refractivity contribution in [1.82, 2.24) is 19.8 Å². The molecule has 6 nitrogen and oxygen atoms in total. The van der Waals surface area contributed by atoms with Crippen molar-refractivity contribution in [3.63, 3.8) is 0 Å². The number of hydrogen-bond acceptors (Lipinski definition) is 5. The van der Waals surface area contributed by atoms with E-state index in [-0.39, 0.29) is 17.2 Å². The van der Waals surface area contributed by atoms with Crippen LogP contribution in [0.4, 0.5) is 0 Å². The smallest absolute Gasteiger partial charge is 0.268 e. The molecule has 0 aromatic carbocycles. The summed E-state index contributed by atoms with van der Waals surface area (Å²) in [6.45, 7) is 2.77. The molecular weight excluding hydrogens is 218 g/mol. The summed E-state index contributed by atoms with van der Waals surface area (Å²) < 4.78 is 0. The summed E-state index contributed by atoms with van der Waals surface area (Å²) in [5.74, 6) is 0.628. The molecule has 2 rings (SSSR count). The summed E-state index contributed by atoms with van der Waals surface area (Å²) in [6, 6.07) is 1.89. The minimum absolute atomic E-state index is 0.0561. The Morgan fingerprint density at radius 1 is 1.53 bits per heavy atom. The molecular formula is C11H15N5O. The lowest BCUT2D eigenvalue weighted by Crippen LogP contribution is -2.45. The van der Waals surface area contributed by atoms with Crippen molar-refractivity contribution in [3.05, 3.63) is 27.9 Å². The largest absolute Gasteiger partial charge is 0.308 e. The first-order chi connectivity index (χ1) is 8.11. The number of nitrogens with one attached hydrogen (secondary N) is 1. The van der Waals surface area contributed by atoms with Crippen LogP contribution < -0.4 is 5.56 Å². The van der Waals surface area contributed by atoms with E-state index in [0.29, 0.717) is 5.82 Å². The lowest BCUT2D eigenvalue weighted by Gasteiger charge is -2.36. The molecule has 1 aliphatic heterocycles. The highest BCUT2D eigenvalue weighted by molar-refractivity contribution is 5.22. The van der Waals surface area contributed by atoms with E-state index in [1.165, 1.54) is 6.20 Å². The number of hydrogen-bond donors (Lipinski definition) is 1. The molecule has 0 bridgehead atoms. The molecule has 2 heterocycles. The van der Waals surface area contributed by atoms with Gasteiger partial charge in [-0.3, -0.25) is 9.69 Å². The Labute approximate surface area is 99.5 Å². The molecule has 1 aliphatic rings. The van der Waals surface area contributed by atoms with E-state index < -0.39 is 0 Å². The van der Waals surface area contributed by atoms with E-state index >= 15 is 0 Å². The molecule has 17 heavy (non-hydrogen) atoms. The molecule has 0 amide bonds. The van der Waals surface area contributed by atoms with Crippen LogP contribution in [0.5, 0.6) is 0 Å². The summed E-state index contributed by atoms with van der Waals surface area (Å²) in [7, 11) is 4.05. The van der Waals surface area contributed by atoms with Gasteiger partial charge in [-0.2, -0.15) is 5.26 Å². The lowest BCUT2D eigenvalue weighted by atomic mass is 10.1. The van der Waals surface area contributed by atoms with Gasteiger partial charge < -0.3 is 9.88 Å². The Morgan fingerprint density at radius 2 is 2.29 bits per heavy atom. The van der Waals surface area contributed by atoms with E-state index in [4.69, 9.17) is 5.26 Å². The Kier molecular flexibility index (Phi) is 3.22. The summed E-state index contributed by atoms with van der Waals surface area (Å²) in [6.07, 6.45) is 1.34. The Balaban J connectivity index is 2.30. The minimum Gasteiger partial charge on any atom is -0.308 e. The van der Waals surface area contributed by atoms with Gasteiger partial charge >= 0.3 is 0 Å². The number of H-pyrrole nitrogens is 1. The highest BCUT2D eigenvalue weighted by atomic mass is 16.1. The van der Waals surface area contributed by atoms with E-state index in [9.17, 15) is 4.79 Å². The summed E-state index contributed by atoms with van der Waals surface area (Å²) >= 11 is 0. The van der Waals surface area contributed by atoms with Crippen LogP contribution in [0.25, 0.3) is 0 Å². The molecule has 0 aliphatic carbocycles. The third-order valence-corrected chi connectivity index (χ3v) is 3.11. The average Bonchev–Trinajstić information content (AvgIpc) is 2.32. The van der Waals surface area contributed by atoms with E-state index in [0.717, 1.165) is 19.6 Å². The third-order valence-electron chi connectivity index (χ3n) is 3.11. The van der Waals surface area contributed by atoms with E-state index in [2.05, 4.69) is 19.8 Å². The SMILES string of the molecule is CN1CCN(C)C(c2ncc(C#N)c(=O)[nH]2)C1. The summed E-state index contributed by atoms with van der Waals surface area (Å²) in [5, 5.41) is 8.69. The van der Waals surface area contributed by atoms with Crippen LogP contribution in [0.15, 0.2) is 11.0 Å². The van der Waals surface area contributed by atoms with Crippen LogP contribution >= 0.6 is 0 Å². The number of rotatable bonds is 1. The maximum absolute atomic E-state index is 11.6. The Morgan fingerprint density at radius 3 is 2.94 bits per heavy atom. The van der Waals surface area contributed by atoms with E-state index in [1.807, 2.05) is 20.2 Å². The molecule has 0 spiro atoms. The zero-order chi connectivity index (χ0) is 12.4. The Bertz CT molecular complexity index is 503. The van der Waals surface area contributed by atoms with Crippen LogP contribution in [-0.2, 0) is 0 Å². The van der Waals surface area contributed by atoms with E-state index in [1.54, 1.807) is 0 Å². The first-order valence-electron chi connectivity index (χ1n) is 5.50. The van der Waals surface area contributed by atoms with Gasteiger partial charge in [-0.1, -0.05) is 0 Å². The molecule has 1 atom stereocenters. The number of likely N-dealkylation sites (N-methyl/N-ethyl adjacent to an activating group) is 2. The second-order valence-corrected chi connectivity index (χ2v) is 4.38. The Hall–Kier alpha value is -1.71. The molecule has 1 saturated heterocycles. The molecule has 1 unspecified atom stereocenters. The molecule has 1 aromatic rings. The van der Waals surface area contributed by atoms with Gasteiger partial charge in [0, 0.05) is 19.6 Å². The van der Waals surface area contributed by atoms with Crippen LogP contribution in [0.1, 0.15) is 17.4 Å². The first kappa shape index (κ1) is 11.8. The maximum atomic E-state index is 11.6. The minimum atomic E-state index is -0.362. The van der Waals surface area contributed by atoms with Crippen LogP contribution in [0, 0.1) is 11.3 Å². The number of piperazine rings is 1. The summed E-state index contributed by atoms with van der Waals surface area (Å²) in [4.78, 5) is 22.8. The maximum Gasteiger partial charge on any atom is 0.268 e. The van der Waals surface area contributed by atoms with Gasteiger partial charge in [-0.25, -0.2) is 4.98 Å². The number of nitriles is 1. The predicted molar refractivity (Wildman–Crippen MR) is 62.4 cm³/mol. The van der Waals surface area contributed by atoms with Crippen molar-refractivity contribution < 1.29 is 0 Å². The first-order valence-corrected chi connectivity index (χ1v) is 5.50. The molecule has 1 N–H and O–H groups in total. The van der Waals surface area contributed by atoms with Gasteiger partial charge in [0.25, 0.3) is 5.56 Å². The highest BCUT2D eigenvalue weighted by Gasteiger charge is 2.25. The topological polar surface area (TPSA) is 76.0 Å². The lowest BCUT2D eigenvalue weighted by molar-refractivity contribution is 0.109. The van der Waals surface area contributed by atoms with Gasteiger partial charge in [0.05, 0.1) is 12.2 Å². The van der Waals surface area contributed by atoms with Crippen LogP contribution in [0.3, 0.4) is 0 Å². The average molecular weight is 233 g/mol. The summed E-state index contributed by atoms with van der Waals surface area (Å²) in [5.41, 5.74) is -0.306. The van der Waals surface area contributed by atoms with Gasteiger partial charge in [0.1, 0.15) is 17.5 Å². The molecule has 1 fully saturated rings. The van der Waals surface area contributed by atoms with Crippen molar-refractivity contribution in [2.24, 2.45) is 0 Å². The van der Waals surface area contributed by atoms with Crippen LogP contribution in [-0.4, -0.2) is 53.5 Å². The number of nitrogens with zero attached hydrogens (tertiary/aromatic N) is 4. The fraction of sp³-hybridized carbons (Fsp3) is 0.545. The highest BCUT2D eigenvalue weighted by Crippen LogP contribution is 2.18. The van der Waals surface area contributed by atoms with Crippen molar-refractivity contribution >= 4 is 0 Å². The second kappa shape index (κ2) is 4.65. The van der Waals surface area contributed by atoms with Gasteiger partial charge in [0.15, 0.2) is 0 Å². The molecule has 90 valence electrons. The van der Waals surface area contributed by atoms with Gasteiger partial charge in [-0.15, -0.1) is 0 Å². The van der Waals surface area contributed by atoms with Crippen molar-refractivity contribution in [2.45, 2.75) is 6.04 Å². The molecule has 0 radical (unpaired) electrons. The quantitative estimate of drug-likeness (QED) is 0.711. The monoisotopic (exact) mass is 233 g/mol. The fourth-order valence-corrected chi connectivity index (χ4v) is 1.96. The van der Waals surface area contributed by atoms with Crippen molar-refractivity contribution in [3.8, 4) is 6.07 Å². The second-order valence-electron chi connectivity index (χ2n) is 4.38. The van der Waals surface area contributed by atoms with Gasteiger partial charge in [0.2, 0.25) is 0 Å². The number of aromatic nitrogens is 2.